The second kappa shape index (κ2) is 6.66. The molecule has 0 atom stereocenters. The lowest BCUT2D eigenvalue weighted by Gasteiger charge is -2.24. The minimum Gasteiger partial charge on any atom is -0.368 e. The maximum Gasteiger partial charge on any atom is 0.317 e. The average Bonchev–Trinajstić information content (AvgIpc) is 2.65. The van der Waals surface area contributed by atoms with E-state index in [2.05, 4.69) is 10.2 Å². The number of nitrogens with one attached hydrogen (secondary N) is 1. The van der Waals surface area contributed by atoms with E-state index in [1.165, 1.54) is 0 Å². The Kier molecular flexibility index (Phi) is 4.91. The van der Waals surface area contributed by atoms with Gasteiger partial charge in [0.25, 0.3) is 0 Å². The summed E-state index contributed by atoms with van der Waals surface area (Å²) in [6, 6.07) is 7.90. The number of amides is 2. The SMILES string of the molecule is CCNC(=O)N1CCCN(c2ccccc2Cl)CC1. The molecule has 1 heterocycles. The molecule has 1 aliphatic heterocycles. The van der Waals surface area contributed by atoms with Crippen LogP contribution in [0, 0.1) is 0 Å². The number of halogens is 1. The lowest BCUT2D eigenvalue weighted by molar-refractivity contribution is 0.202. The first-order valence-corrected chi connectivity index (χ1v) is 7.12. The molecular weight excluding hydrogens is 262 g/mol. The van der Waals surface area contributed by atoms with Crippen molar-refractivity contribution in [2.24, 2.45) is 0 Å². The van der Waals surface area contributed by atoms with E-state index in [-0.39, 0.29) is 6.03 Å². The van der Waals surface area contributed by atoms with Crippen molar-refractivity contribution in [1.82, 2.24) is 10.2 Å². The van der Waals surface area contributed by atoms with E-state index in [4.69, 9.17) is 11.6 Å². The molecule has 1 aliphatic rings. The van der Waals surface area contributed by atoms with Gasteiger partial charge in [-0.05, 0) is 25.5 Å². The monoisotopic (exact) mass is 281 g/mol. The highest BCUT2D eigenvalue weighted by Crippen LogP contribution is 2.25. The van der Waals surface area contributed by atoms with Crippen LogP contribution >= 0.6 is 11.6 Å². The molecule has 4 nitrogen and oxygen atoms in total. The van der Waals surface area contributed by atoms with Crippen LogP contribution in [0.25, 0.3) is 0 Å². The van der Waals surface area contributed by atoms with E-state index in [0.717, 1.165) is 43.3 Å². The number of carbonyl (C=O) groups is 1. The Balaban J connectivity index is 2.01. The number of hydrogen-bond acceptors (Lipinski definition) is 2. The number of benzene rings is 1. The largest absolute Gasteiger partial charge is 0.368 e. The van der Waals surface area contributed by atoms with Gasteiger partial charge in [0.15, 0.2) is 0 Å². The predicted molar refractivity (Wildman–Crippen MR) is 78.9 cm³/mol. The van der Waals surface area contributed by atoms with Crippen molar-refractivity contribution >= 4 is 23.3 Å². The van der Waals surface area contributed by atoms with E-state index in [1.54, 1.807) is 0 Å². The Morgan fingerprint density at radius 1 is 1.26 bits per heavy atom. The molecule has 2 amide bonds. The van der Waals surface area contributed by atoms with Crippen molar-refractivity contribution in [3.8, 4) is 0 Å². The topological polar surface area (TPSA) is 35.6 Å². The van der Waals surface area contributed by atoms with E-state index in [0.29, 0.717) is 6.54 Å². The molecule has 1 fully saturated rings. The molecule has 1 N–H and O–H groups in total. The van der Waals surface area contributed by atoms with Crippen LogP contribution in [0.2, 0.25) is 5.02 Å². The van der Waals surface area contributed by atoms with Crippen LogP contribution in [-0.4, -0.2) is 43.7 Å². The van der Waals surface area contributed by atoms with Gasteiger partial charge in [-0.2, -0.15) is 0 Å². The summed E-state index contributed by atoms with van der Waals surface area (Å²) in [4.78, 5) is 16.0. The van der Waals surface area contributed by atoms with Crippen molar-refractivity contribution in [2.75, 3.05) is 37.6 Å². The van der Waals surface area contributed by atoms with E-state index >= 15 is 0 Å². The van der Waals surface area contributed by atoms with Crippen LogP contribution in [0.15, 0.2) is 24.3 Å². The molecular formula is C14H20ClN3O. The number of hydrogen-bond donors (Lipinski definition) is 1. The van der Waals surface area contributed by atoms with Crippen molar-refractivity contribution in [2.45, 2.75) is 13.3 Å². The Morgan fingerprint density at radius 2 is 2.05 bits per heavy atom. The summed E-state index contributed by atoms with van der Waals surface area (Å²) in [5.74, 6) is 0. The molecule has 0 spiro atoms. The molecule has 0 aromatic heterocycles. The zero-order valence-electron chi connectivity index (χ0n) is 11.2. The van der Waals surface area contributed by atoms with Crippen LogP contribution < -0.4 is 10.2 Å². The fraction of sp³-hybridized carbons (Fsp3) is 0.500. The zero-order chi connectivity index (χ0) is 13.7. The standard InChI is InChI=1S/C14H20ClN3O/c1-2-16-14(19)18-9-5-8-17(10-11-18)13-7-4-3-6-12(13)15/h3-4,6-7H,2,5,8-11H2,1H3,(H,16,19). The third-order valence-corrected chi connectivity index (χ3v) is 3.62. The summed E-state index contributed by atoms with van der Waals surface area (Å²) in [7, 11) is 0. The third-order valence-electron chi connectivity index (χ3n) is 3.30. The number of nitrogens with zero attached hydrogens (tertiary/aromatic N) is 2. The van der Waals surface area contributed by atoms with Crippen molar-refractivity contribution in [3.05, 3.63) is 29.3 Å². The number of carbonyl (C=O) groups excluding carboxylic acids is 1. The van der Waals surface area contributed by atoms with Gasteiger partial charge in [0.2, 0.25) is 0 Å². The lowest BCUT2D eigenvalue weighted by atomic mass is 10.2. The van der Waals surface area contributed by atoms with Gasteiger partial charge < -0.3 is 15.1 Å². The van der Waals surface area contributed by atoms with Crippen LogP contribution in [0.1, 0.15) is 13.3 Å². The maximum absolute atomic E-state index is 11.8. The van der Waals surface area contributed by atoms with Crippen LogP contribution in [0.5, 0.6) is 0 Å². The van der Waals surface area contributed by atoms with Gasteiger partial charge in [-0.3, -0.25) is 0 Å². The molecule has 0 radical (unpaired) electrons. The van der Waals surface area contributed by atoms with Crippen molar-refractivity contribution in [1.29, 1.82) is 0 Å². The van der Waals surface area contributed by atoms with Gasteiger partial charge in [-0.15, -0.1) is 0 Å². The van der Waals surface area contributed by atoms with Gasteiger partial charge in [-0.25, -0.2) is 4.79 Å². The molecule has 0 saturated carbocycles. The first kappa shape index (κ1) is 14.0. The molecule has 104 valence electrons. The fourth-order valence-corrected chi connectivity index (χ4v) is 2.59. The minimum atomic E-state index is 0.0310. The van der Waals surface area contributed by atoms with Crippen LogP contribution in [0.4, 0.5) is 10.5 Å². The molecule has 19 heavy (non-hydrogen) atoms. The van der Waals surface area contributed by atoms with Gasteiger partial charge >= 0.3 is 6.03 Å². The summed E-state index contributed by atoms with van der Waals surface area (Å²) in [5, 5.41) is 3.62. The molecule has 1 aromatic rings. The Labute approximate surface area is 119 Å². The molecule has 0 aliphatic carbocycles. The second-order valence-electron chi connectivity index (χ2n) is 4.61. The first-order valence-electron chi connectivity index (χ1n) is 6.74. The molecule has 0 unspecified atom stereocenters. The average molecular weight is 282 g/mol. The number of anilines is 1. The minimum absolute atomic E-state index is 0.0310. The summed E-state index contributed by atoms with van der Waals surface area (Å²) in [5.41, 5.74) is 1.06. The highest BCUT2D eigenvalue weighted by molar-refractivity contribution is 6.33. The smallest absolute Gasteiger partial charge is 0.317 e. The van der Waals surface area contributed by atoms with Crippen LogP contribution in [-0.2, 0) is 0 Å². The highest BCUT2D eigenvalue weighted by Gasteiger charge is 2.19. The van der Waals surface area contributed by atoms with Crippen LogP contribution in [0.3, 0.4) is 0 Å². The Bertz CT molecular complexity index is 438. The summed E-state index contributed by atoms with van der Waals surface area (Å²) in [6.45, 7) is 5.89. The van der Waals surface area contributed by atoms with E-state index in [1.807, 2.05) is 36.1 Å². The Hall–Kier alpha value is -1.42. The molecule has 0 bridgehead atoms. The molecule has 1 aromatic carbocycles. The van der Waals surface area contributed by atoms with Gasteiger partial charge in [0, 0.05) is 32.7 Å². The van der Waals surface area contributed by atoms with Crippen molar-refractivity contribution < 1.29 is 4.79 Å². The lowest BCUT2D eigenvalue weighted by Crippen LogP contribution is -2.42. The normalized spacial score (nSPS) is 16.1. The fourth-order valence-electron chi connectivity index (χ4n) is 2.33. The quantitative estimate of drug-likeness (QED) is 0.904. The van der Waals surface area contributed by atoms with Crippen molar-refractivity contribution in [3.63, 3.8) is 0 Å². The van der Waals surface area contributed by atoms with Gasteiger partial charge in [0.05, 0.1) is 10.7 Å². The van der Waals surface area contributed by atoms with Gasteiger partial charge in [-0.1, -0.05) is 23.7 Å². The Morgan fingerprint density at radius 3 is 2.79 bits per heavy atom. The van der Waals surface area contributed by atoms with Gasteiger partial charge in [0.1, 0.15) is 0 Å². The summed E-state index contributed by atoms with van der Waals surface area (Å²) >= 11 is 6.22. The highest BCUT2D eigenvalue weighted by atomic mass is 35.5. The van der Waals surface area contributed by atoms with E-state index in [9.17, 15) is 4.79 Å². The third kappa shape index (κ3) is 3.53. The number of urea groups is 1. The van der Waals surface area contributed by atoms with E-state index < -0.39 is 0 Å². The molecule has 2 rings (SSSR count). The number of rotatable bonds is 2. The summed E-state index contributed by atoms with van der Waals surface area (Å²) < 4.78 is 0. The predicted octanol–water partition coefficient (Wildman–Crippen LogP) is 2.58. The maximum atomic E-state index is 11.8. The second-order valence-corrected chi connectivity index (χ2v) is 5.02. The number of para-hydroxylation sites is 1. The molecule has 1 saturated heterocycles. The molecule has 5 heteroatoms. The summed E-state index contributed by atoms with van der Waals surface area (Å²) in [6.07, 6.45) is 0.961. The first-order chi connectivity index (χ1) is 9.22. The zero-order valence-corrected chi connectivity index (χ0v) is 12.0.